The first-order chi connectivity index (χ1) is 7.60. The number of aliphatic hydroxyl groups is 1. The van der Waals surface area contributed by atoms with Crippen molar-refractivity contribution in [3.8, 4) is 0 Å². The second-order valence-electron chi connectivity index (χ2n) is 4.45. The van der Waals surface area contributed by atoms with E-state index in [4.69, 9.17) is 11.6 Å². The summed E-state index contributed by atoms with van der Waals surface area (Å²) in [5.41, 5.74) is 1.33. The third-order valence-corrected chi connectivity index (χ3v) is 3.52. The van der Waals surface area contributed by atoms with Gasteiger partial charge in [0.2, 0.25) is 0 Å². The van der Waals surface area contributed by atoms with Gasteiger partial charge in [-0.15, -0.1) is 0 Å². The zero-order valence-corrected chi connectivity index (χ0v) is 9.75. The Bertz CT molecular complexity index is 557. The number of aryl methyl sites for hydroxylation is 1. The summed E-state index contributed by atoms with van der Waals surface area (Å²) >= 11 is 5.97. The molecular formula is C12H13ClN2O. The van der Waals surface area contributed by atoms with Gasteiger partial charge in [-0.2, -0.15) is 0 Å². The van der Waals surface area contributed by atoms with Crippen molar-refractivity contribution in [1.29, 1.82) is 0 Å². The lowest BCUT2D eigenvalue weighted by atomic mass is 9.88. The minimum Gasteiger partial charge on any atom is -0.382 e. The van der Waals surface area contributed by atoms with Crippen molar-refractivity contribution in [2.45, 2.75) is 5.60 Å². The Balaban J connectivity index is 2.26. The fourth-order valence-electron chi connectivity index (χ4n) is 2.28. The number of fused-ring (bicyclic) bond motifs is 1. The van der Waals surface area contributed by atoms with Gasteiger partial charge in [-0.25, -0.2) is 0 Å². The fourth-order valence-corrected chi connectivity index (χ4v) is 2.45. The van der Waals surface area contributed by atoms with Crippen LogP contribution < -0.4 is 5.32 Å². The number of hydrogen-bond acceptors (Lipinski definition) is 2. The Morgan fingerprint density at radius 2 is 2.19 bits per heavy atom. The van der Waals surface area contributed by atoms with Crippen molar-refractivity contribution < 1.29 is 5.11 Å². The molecule has 84 valence electrons. The highest BCUT2D eigenvalue weighted by atomic mass is 35.5. The van der Waals surface area contributed by atoms with Crippen molar-refractivity contribution in [2.75, 3.05) is 13.1 Å². The van der Waals surface area contributed by atoms with Gasteiger partial charge in [-0.05, 0) is 12.1 Å². The molecule has 1 aromatic carbocycles. The predicted molar refractivity (Wildman–Crippen MR) is 64.7 cm³/mol. The van der Waals surface area contributed by atoms with Crippen molar-refractivity contribution in [1.82, 2.24) is 9.88 Å². The highest BCUT2D eigenvalue weighted by Gasteiger charge is 2.38. The lowest BCUT2D eigenvalue weighted by molar-refractivity contribution is -0.0134. The van der Waals surface area contributed by atoms with Crippen LogP contribution in [-0.4, -0.2) is 22.8 Å². The van der Waals surface area contributed by atoms with Crippen LogP contribution >= 0.6 is 11.6 Å². The maximum absolute atomic E-state index is 10.4. The molecule has 1 aliphatic rings. The zero-order valence-electron chi connectivity index (χ0n) is 9.00. The molecule has 1 aliphatic heterocycles. The van der Waals surface area contributed by atoms with Gasteiger partial charge in [-0.1, -0.05) is 17.7 Å². The summed E-state index contributed by atoms with van der Waals surface area (Å²) in [5, 5.41) is 15.3. The third-order valence-electron chi connectivity index (χ3n) is 3.29. The summed E-state index contributed by atoms with van der Waals surface area (Å²) in [6.45, 7) is 1.24. The number of nitrogens with one attached hydrogen (secondary N) is 1. The normalized spacial score (nSPS) is 18.7. The van der Waals surface area contributed by atoms with Crippen LogP contribution in [-0.2, 0) is 12.6 Å². The van der Waals surface area contributed by atoms with Crippen LogP contribution in [0.2, 0.25) is 5.02 Å². The molecular weight excluding hydrogens is 224 g/mol. The van der Waals surface area contributed by atoms with Crippen molar-refractivity contribution in [3.63, 3.8) is 0 Å². The van der Waals surface area contributed by atoms with Crippen molar-refractivity contribution in [2.24, 2.45) is 7.05 Å². The first-order valence-corrected chi connectivity index (χ1v) is 5.66. The summed E-state index contributed by atoms with van der Waals surface area (Å²) in [7, 11) is 1.97. The average molecular weight is 237 g/mol. The minimum absolute atomic E-state index is 0.620. The highest BCUT2D eigenvalue weighted by molar-refractivity contribution is 6.31. The summed E-state index contributed by atoms with van der Waals surface area (Å²) in [6.07, 6.45) is 1.99. The summed E-state index contributed by atoms with van der Waals surface area (Å²) < 4.78 is 2.01. The molecule has 3 rings (SSSR count). The summed E-state index contributed by atoms with van der Waals surface area (Å²) in [5.74, 6) is 0. The average Bonchev–Trinajstić information content (AvgIpc) is 2.53. The first kappa shape index (κ1) is 10.1. The van der Waals surface area contributed by atoms with Gasteiger partial charge in [0.15, 0.2) is 0 Å². The molecule has 1 fully saturated rings. The zero-order chi connectivity index (χ0) is 11.3. The summed E-state index contributed by atoms with van der Waals surface area (Å²) in [6, 6.07) is 5.77. The van der Waals surface area contributed by atoms with E-state index in [0.29, 0.717) is 13.1 Å². The third kappa shape index (κ3) is 1.29. The minimum atomic E-state index is -0.715. The van der Waals surface area contributed by atoms with E-state index in [1.807, 2.05) is 36.0 Å². The van der Waals surface area contributed by atoms with Crippen molar-refractivity contribution in [3.05, 3.63) is 35.0 Å². The molecule has 0 aliphatic carbocycles. The number of β-amino-alcohol motifs (C(OH)–C–C–N with tert-alkyl or cyclic N) is 1. The number of halogens is 1. The van der Waals surface area contributed by atoms with Crippen LogP contribution in [0.25, 0.3) is 10.9 Å². The molecule has 16 heavy (non-hydrogen) atoms. The van der Waals surface area contributed by atoms with E-state index in [1.165, 1.54) is 0 Å². The van der Waals surface area contributed by atoms with Gasteiger partial charge >= 0.3 is 0 Å². The van der Waals surface area contributed by atoms with Gasteiger partial charge in [0, 0.05) is 47.8 Å². The molecule has 0 radical (unpaired) electrons. The monoisotopic (exact) mass is 236 g/mol. The molecule has 0 bridgehead atoms. The summed E-state index contributed by atoms with van der Waals surface area (Å²) in [4.78, 5) is 0. The maximum Gasteiger partial charge on any atom is 0.116 e. The maximum atomic E-state index is 10.4. The van der Waals surface area contributed by atoms with Gasteiger partial charge < -0.3 is 15.0 Å². The van der Waals surface area contributed by atoms with Crippen LogP contribution in [0.4, 0.5) is 0 Å². The van der Waals surface area contributed by atoms with E-state index in [0.717, 1.165) is 21.5 Å². The van der Waals surface area contributed by atoms with Crippen LogP contribution in [0.1, 0.15) is 5.56 Å². The SMILES string of the molecule is Cn1cc(C2(O)CNC2)c2ccc(Cl)cc21. The number of hydrogen-bond donors (Lipinski definition) is 2. The Morgan fingerprint density at radius 3 is 2.81 bits per heavy atom. The van der Waals surface area contributed by atoms with Crippen LogP contribution in [0.3, 0.4) is 0 Å². The molecule has 0 spiro atoms. The molecule has 0 unspecified atom stereocenters. The highest BCUT2D eigenvalue weighted by Crippen LogP contribution is 2.33. The number of aromatic nitrogens is 1. The second kappa shape index (κ2) is 3.23. The molecule has 1 aromatic heterocycles. The van der Waals surface area contributed by atoms with Crippen molar-refractivity contribution >= 4 is 22.5 Å². The lowest BCUT2D eigenvalue weighted by Crippen LogP contribution is -2.56. The topological polar surface area (TPSA) is 37.2 Å². The quantitative estimate of drug-likeness (QED) is 0.790. The van der Waals surface area contributed by atoms with E-state index >= 15 is 0 Å². The second-order valence-corrected chi connectivity index (χ2v) is 4.89. The molecule has 0 amide bonds. The molecule has 2 heterocycles. The predicted octanol–water partition coefficient (Wildman–Crippen LogP) is 1.62. The lowest BCUT2D eigenvalue weighted by Gasteiger charge is -2.37. The number of rotatable bonds is 1. The Hall–Kier alpha value is -1.03. The molecule has 0 atom stereocenters. The van der Waals surface area contributed by atoms with Gasteiger partial charge in [0.1, 0.15) is 5.60 Å². The van der Waals surface area contributed by atoms with Gasteiger partial charge in [0.05, 0.1) is 0 Å². The van der Waals surface area contributed by atoms with Gasteiger partial charge in [-0.3, -0.25) is 0 Å². The number of benzene rings is 1. The molecule has 4 heteroatoms. The largest absolute Gasteiger partial charge is 0.382 e. The smallest absolute Gasteiger partial charge is 0.116 e. The first-order valence-electron chi connectivity index (χ1n) is 5.28. The van der Waals surface area contributed by atoms with Gasteiger partial charge in [0.25, 0.3) is 0 Å². The van der Waals surface area contributed by atoms with Crippen LogP contribution in [0, 0.1) is 0 Å². The Labute approximate surface area is 98.6 Å². The Kier molecular flexibility index (Phi) is 2.05. The molecule has 0 saturated carbocycles. The standard InChI is InChI=1S/C12H13ClN2O/c1-15-5-10(12(16)6-14-7-12)9-3-2-8(13)4-11(9)15/h2-5,14,16H,6-7H2,1H3. The van der Waals surface area contributed by atoms with Crippen LogP contribution in [0.5, 0.6) is 0 Å². The molecule has 2 aromatic rings. The Morgan fingerprint density at radius 1 is 1.44 bits per heavy atom. The van der Waals surface area contributed by atoms with E-state index in [1.54, 1.807) is 0 Å². The van der Waals surface area contributed by atoms with E-state index < -0.39 is 5.60 Å². The molecule has 2 N–H and O–H groups in total. The molecule has 1 saturated heterocycles. The molecule has 3 nitrogen and oxygen atoms in total. The van der Waals surface area contributed by atoms with Crippen LogP contribution in [0.15, 0.2) is 24.4 Å². The fraction of sp³-hybridized carbons (Fsp3) is 0.333. The van der Waals surface area contributed by atoms with E-state index in [9.17, 15) is 5.11 Å². The number of nitrogens with zero attached hydrogens (tertiary/aromatic N) is 1. The van der Waals surface area contributed by atoms with E-state index in [2.05, 4.69) is 5.32 Å². The van der Waals surface area contributed by atoms with E-state index in [-0.39, 0.29) is 0 Å².